The fraction of sp³-hybridized carbons (Fsp3) is 0.219. The molecule has 0 bridgehead atoms. The van der Waals surface area contributed by atoms with Gasteiger partial charge in [-0.2, -0.15) is 0 Å². The average molecular weight is 885 g/mol. The molecule has 4 aromatic rings. The number of carbonyl (C=O) groups excluding carboxylic acids is 1. The number of allylic oxidation sites excluding steroid dienone is 1. The Balaban J connectivity index is 1.61. The summed E-state index contributed by atoms with van der Waals surface area (Å²) in [5, 5.41) is 0. The molecule has 3 aromatic carbocycles. The highest BCUT2D eigenvalue weighted by Gasteiger charge is 2.35. The van der Waals surface area contributed by atoms with Crippen LogP contribution in [0.3, 0.4) is 0 Å². The van der Waals surface area contributed by atoms with E-state index in [4.69, 9.17) is 19.2 Å². The van der Waals surface area contributed by atoms with Crippen LogP contribution in [0.5, 0.6) is 11.5 Å². The Morgan fingerprint density at radius 2 is 1.81 bits per heavy atom. The molecule has 1 atom stereocenters. The second-order valence-electron chi connectivity index (χ2n) is 10.0. The summed E-state index contributed by atoms with van der Waals surface area (Å²) in [4.78, 5) is 32.7. The molecule has 0 radical (unpaired) electrons. The van der Waals surface area contributed by atoms with Crippen molar-refractivity contribution in [3.8, 4) is 11.5 Å². The first-order valence-corrected chi connectivity index (χ1v) is 17.1. The van der Waals surface area contributed by atoms with Crippen molar-refractivity contribution in [2.45, 2.75) is 39.5 Å². The highest BCUT2D eigenvalue weighted by Crippen LogP contribution is 2.37. The SMILES string of the molecule is COc1ccc(Br)cc1[C@H]1C(C(=O)OC(C)C)=C(C)N=c2s/c(=C\c3cc(I)c(OCc4ccccc4)c(I)c3)c(=O)n21. The fourth-order valence-electron chi connectivity index (χ4n) is 4.76. The van der Waals surface area contributed by atoms with Crippen LogP contribution in [0.4, 0.5) is 0 Å². The highest BCUT2D eigenvalue weighted by atomic mass is 127. The molecule has 1 aromatic heterocycles. The number of halogens is 3. The molecule has 1 aliphatic heterocycles. The van der Waals surface area contributed by atoms with E-state index in [0.717, 1.165) is 28.5 Å². The van der Waals surface area contributed by atoms with Gasteiger partial charge in [-0.25, -0.2) is 9.79 Å². The van der Waals surface area contributed by atoms with Crippen molar-refractivity contribution in [2.24, 2.45) is 4.99 Å². The highest BCUT2D eigenvalue weighted by molar-refractivity contribution is 14.1. The first-order chi connectivity index (χ1) is 20.6. The molecule has 11 heteroatoms. The Hall–Kier alpha value is -2.49. The van der Waals surface area contributed by atoms with Crippen LogP contribution in [0.1, 0.15) is 43.5 Å². The van der Waals surface area contributed by atoms with Gasteiger partial charge in [0.25, 0.3) is 5.56 Å². The van der Waals surface area contributed by atoms with E-state index in [9.17, 15) is 9.59 Å². The van der Waals surface area contributed by atoms with Crippen molar-refractivity contribution in [3.05, 3.63) is 120 Å². The van der Waals surface area contributed by atoms with Crippen LogP contribution in [0.15, 0.2) is 86.2 Å². The summed E-state index contributed by atoms with van der Waals surface area (Å²) in [6, 6.07) is 18.7. The minimum atomic E-state index is -0.786. The molecule has 0 unspecified atom stereocenters. The molecule has 0 aliphatic carbocycles. The van der Waals surface area contributed by atoms with E-state index in [1.165, 1.54) is 11.3 Å². The van der Waals surface area contributed by atoms with E-state index in [0.29, 0.717) is 38.5 Å². The number of hydrogen-bond acceptors (Lipinski definition) is 7. The largest absolute Gasteiger partial charge is 0.496 e. The predicted molar refractivity (Wildman–Crippen MR) is 188 cm³/mol. The van der Waals surface area contributed by atoms with Gasteiger partial charge in [0.15, 0.2) is 4.80 Å². The summed E-state index contributed by atoms with van der Waals surface area (Å²) in [5.41, 5.74) is 3.13. The number of fused-ring (bicyclic) bond motifs is 1. The number of benzene rings is 3. The number of carbonyl (C=O) groups is 1. The molecule has 0 fully saturated rings. The van der Waals surface area contributed by atoms with Crippen LogP contribution in [0.2, 0.25) is 0 Å². The molecule has 43 heavy (non-hydrogen) atoms. The molecule has 0 saturated carbocycles. The molecule has 222 valence electrons. The van der Waals surface area contributed by atoms with E-state index < -0.39 is 12.0 Å². The maximum atomic E-state index is 14.1. The number of nitrogens with zero attached hydrogens (tertiary/aromatic N) is 2. The van der Waals surface area contributed by atoms with Gasteiger partial charge in [0.1, 0.15) is 24.1 Å². The number of aromatic nitrogens is 1. The second-order valence-corrected chi connectivity index (χ2v) is 14.3. The zero-order valence-electron chi connectivity index (χ0n) is 23.7. The minimum Gasteiger partial charge on any atom is -0.496 e. The third kappa shape index (κ3) is 6.94. The molecule has 7 nitrogen and oxygen atoms in total. The van der Waals surface area contributed by atoms with E-state index in [2.05, 4.69) is 61.1 Å². The smallest absolute Gasteiger partial charge is 0.338 e. The van der Waals surface area contributed by atoms with Gasteiger partial charge < -0.3 is 14.2 Å². The van der Waals surface area contributed by atoms with E-state index in [1.54, 1.807) is 38.5 Å². The zero-order chi connectivity index (χ0) is 30.8. The van der Waals surface area contributed by atoms with Crippen LogP contribution in [-0.2, 0) is 16.1 Å². The lowest BCUT2D eigenvalue weighted by molar-refractivity contribution is -0.143. The van der Waals surface area contributed by atoms with Crippen LogP contribution in [-0.4, -0.2) is 23.8 Å². The van der Waals surface area contributed by atoms with Gasteiger partial charge >= 0.3 is 5.97 Å². The van der Waals surface area contributed by atoms with E-state index in [-0.39, 0.29) is 11.7 Å². The molecule has 1 aliphatic rings. The first-order valence-electron chi connectivity index (χ1n) is 13.3. The topological polar surface area (TPSA) is 79.1 Å². The predicted octanol–water partition coefficient (Wildman–Crippen LogP) is 6.75. The lowest BCUT2D eigenvalue weighted by Gasteiger charge is -2.26. The van der Waals surface area contributed by atoms with Crippen molar-refractivity contribution in [1.29, 1.82) is 0 Å². The van der Waals surface area contributed by atoms with Crippen molar-refractivity contribution >= 4 is 84.5 Å². The summed E-state index contributed by atoms with van der Waals surface area (Å²) in [6.07, 6.45) is 1.52. The molecular weight excluding hydrogens is 858 g/mol. The van der Waals surface area contributed by atoms with Crippen molar-refractivity contribution in [1.82, 2.24) is 4.57 Å². The van der Waals surface area contributed by atoms with Crippen molar-refractivity contribution in [2.75, 3.05) is 7.11 Å². The van der Waals surface area contributed by atoms with Crippen LogP contribution >= 0.6 is 72.4 Å². The Bertz CT molecular complexity index is 1900. The number of thiazole rings is 1. The number of hydrogen-bond donors (Lipinski definition) is 0. The van der Waals surface area contributed by atoms with E-state index in [1.807, 2.05) is 60.7 Å². The molecule has 0 saturated heterocycles. The fourth-order valence-corrected chi connectivity index (χ4v) is 8.31. The number of methoxy groups -OCH3 is 1. The standard InChI is InChI=1S/C32H27BrI2N2O5S/c1-17(2)42-31(39)27-18(3)36-32-37(28(27)22-15-21(33)10-11-25(22)40-4)30(38)26(43-32)14-20-12-23(34)29(24(35)13-20)41-16-19-8-6-5-7-9-19/h5-15,17,28H,16H2,1-4H3/b26-14-/t28-/m0/s1. The Labute approximate surface area is 288 Å². The summed E-state index contributed by atoms with van der Waals surface area (Å²) in [5.74, 6) is 0.824. The maximum Gasteiger partial charge on any atom is 0.338 e. The lowest BCUT2D eigenvalue weighted by Crippen LogP contribution is -2.40. The summed E-state index contributed by atoms with van der Waals surface area (Å²) < 4.78 is 22.2. The summed E-state index contributed by atoms with van der Waals surface area (Å²) >= 11 is 9.35. The van der Waals surface area contributed by atoms with E-state index >= 15 is 0 Å². The van der Waals surface area contributed by atoms with Gasteiger partial charge in [-0.3, -0.25) is 9.36 Å². The maximum absolute atomic E-state index is 14.1. The number of esters is 1. The summed E-state index contributed by atoms with van der Waals surface area (Å²) in [6.45, 7) is 5.81. The Morgan fingerprint density at radius 3 is 2.47 bits per heavy atom. The van der Waals surface area contributed by atoms with Gasteiger partial charge in [-0.05, 0) is 113 Å². The molecule has 0 spiro atoms. The van der Waals surface area contributed by atoms with Crippen LogP contribution in [0, 0.1) is 7.14 Å². The molecule has 0 amide bonds. The lowest BCUT2D eigenvalue weighted by atomic mass is 9.95. The van der Waals surface area contributed by atoms with Gasteiger partial charge in [0, 0.05) is 10.0 Å². The van der Waals surface area contributed by atoms with Crippen molar-refractivity contribution in [3.63, 3.8) is 0 Å². The minimum absolute atomic E-state index is 0.257. The molecule has 2 heterocycles. The third-order valence-corrected chi connectivity index (χ3v) is 9.69. The normalized spacial score (nSPS) is 14.9. The third-order valence-electron chi connectivity index (χ3n) is 6.62. The van der Waals surface area contributed by atoms with Gasteiger partial charge in [0.2, 0.25) is 0 Å². The first kappa shape index (κ1) is 31.9. The van der Waals surface area contributed by atoms with Gasteiger partial charge in [0.05, 0.1) is 36.2 Å². The number of ether oxygens (including phenoxy) is 3. The summed E-state index contributed by atoms with van der Waals surface area (Å²) in [7, 11) is 1.57. The Kier molecular flexibility index (Phi) is 10.1. The Morgan fingerprint density at radius 1 is 1.12 bits per heavy atom. The van der Waals surface area contributed by atoms with Crippen LogP contribution in [0.25, 0.3) is 6.08 Å². The van der Waals surface area contributed by atoms with Crippen molar-refractivity contribution < 1.29 is 19.0 Å². The zero-order valence-corrected chi connectivity index (χ0v) is 30.4. The molecule has 5 rings (SSSR count). The van der Waals surface area contributed by atoms with Gasteiger partial charge in [-0.15, -0.1) is 0 Å². The second kappa shape index (κ2) is 13.7. The van der Waals surface area contributed by atoms with Gasteiger partial charge in [-0.1, -0.05) is 57.6 Å². The van der Waals surface area contributed by atoms with Crippen LogP contribution < -0.4 is 24.4 Å². The average Bonchev–Trinajstić information content (AvgIpc) is 3.25. The molecule has 0 N–H and O–H groups in total. The number of rotatable bonds is 8. The quantitative estimate of drug-likeness (QED) is 0.145. The monoisotopic (exact) mass is 884 g/mol. The molecular formula is C32H27BrI2N2O5S.